The minimum atomic E-state index is -0.998. The van der Waals surface area contributed by atoms with Gasteiger partial charge < -0.3 is 22.5 Å². The van der Waals surface area contributed by atoms with Crippen molar-refractivity contribution >= 4 is 11.9 Å². The molecule has 0 bridgehead atoms. The van der Waals surface area contributed by atoms with E-state index in [4.69, 9.17) is 10.2 Å². The molecule has 0 saturated heterocycles. The zero-order valence-corrected chi connectivity index (χ0v) is 5.99. The number of carbonyl (C=O) groups is 2. The van der Waals surface area contributed by atoms with E-state index in [1.165, 1.54) is 0 Å². The van der Waals surface area contributed by atoms with Crippen LogP contribution in [0.4, 0.5) is 0 Å². The summed E-state index contributed by atoms with van der Waals surface area (Å²) in [6.07, 6.45) is 0.296. The molecule has 0 aromatic carbocycles. The van der Waals surface area contributed by atoms with Gasteiger partial charge in [-0.1, -0.05) is 0 Å². The maximum Gasteiger partial charge on any atom is 0.307 e. The summed E-state index contributed by atoms with van der Waals surface area (Å²) >= 11 is 0. The van der Waals surface area contributed by atoms with Crippen LogP contribution in [0.15, 0.2) is 0 Å². The summed E-state index contributed by atoms with van der Waals surface area (Å²) in [5.41, 5.74) is 0. The van der Waals surface area contributed by atoms with Crippen LogP contribution in [-0.4, -0.2) is 22.2 Å². The fourth-order valence-corrected chi connectivity index (χ4v) is 0.741. The van der Waals surface area contributed by atoms with Gasteiger partial charge >= 0.3 is 11.9 Å². The molecule has 6 heteroatoms. The summed E-state index contributed by atoms with van der Waals surface area (Å²) in [6.45, 7) is 0. The van der Waals surface area contributed by atoms with E-state index in [0.29, 0.717) is 6.42 Å². The third-order valence-electron chi connectivity index (χ3n) is 1.42. The second-order valence-electron chi connectivity index (χ2n) is 2.13. The minimum Gasteiger partial charge on any atom is -0.481 e. The molecule has 0 radical (unpaired) electrons. The van der Waals surface area contributed by atoms with Crippen LogP contribution >= 0.6 is 0 Å². The molecule has 0 aromatic rings. The molecule has 6 nitrogen and oxygen atoms in total. The molecule has 11 heavy (non-hydrogen) atoms. The fourth-order valence-electron chi connectivity index (χ4n) is 0.741. The summed E-state index contributed by atoms with van der Waals surface area (Å²) in [4.78, 5) is 20.0. The molecule has 1 aliphatic carbocycles. The summed E-state index contributed by atoms with van der Waals surface area (Å²) in [6, 6.07) is 0. The average Bonchev–Trinajstić information content (AvgIpc) is 2.39. The van der Waals surface area contributed by atoms with Crippen LogP contribution in [0.2, 0.25) is 0 Å². The van der Waals surface area contributed by atoms with Crippen molar-refractivity contribution in [3.63, 3.8) is 0 Å². The van der Waals surface area contributed by atoms with Crippen molar-refractivity contribution in [1.82, 2.24) is 12.3 Å². The first-order chi connectivity index (χ1) is 4.13. The molecule has 0 aromatic heterocycles. The van der Waals surface area contributed by atoms with Gasteiger partial charge in [-0.25, -0.2) is 0 Å². The molecule has 66 valence electrons. The first-order valence-corrected chi connectivity index (χ1v) is 2.58. The third-order valence-corrected chi connectivity index (χ3v) is 1.42. The van der Waals surface area contributed by atoms with Gasteiger partial charge in [0.05, 0.1) is 11.8 Å². The highest BCUT2D eigenvalue weighted by atomic mass is 16.4. The maximum absolute atomic E-state index is 10.0. The fraction of sp³-hybridized carbons (Fsp3) is 0.600. The van der Waals surface area contributed by atoms with E-state index >= 15 is 0 Å². The zero-order chi connectivity index (χ0) is 7.02. The Kier molecular flexibility index (Phi) is 4.43. The number of aliphatic carboxylic acids is 2. The maximum atomic E-state index is 10.0. The molecule has 0 aliphatic heterocycles. The lowest BCUT2D eigenvalue weighted by molar-refractivity contribution is -0.144. The Bertz CT molecular complexity index is 152. The summed E-state index contributed by atoms with van der Waals surface area (Å²) in [5.74, 6) is -3.24. The van der Waals surface area contributed by atoms with Crippen LogP contribution in [0.1, 0.15) is 6.42 Å². The first kappa shape index (κ1) is 12.5. The van der Waals surface area contributed by atoms with Crippen LogP contribution in [0, 0.1) is 11.8 Å². The third kappa shape index (κ3) is 2.52. The number of carboxylic acids is 2. The largest absolute Gasteiger partial charge is 0.481 e. The Labute approximate surface area is 63.4 Å². The minimum absolute atomic E-state index is 0. The van der Waals surface area contributed by atoms with Gasteiger partial charge in [-0.2, -0.15) is 0 Å². The highest BCUT2D eigenvalue weighted by Crippen LogP contribution is 2.38. The summed E-state index contributed by atoms with van der Waals surface area (Å²) in [7, 11) is 0. The van der Waals surface area contributed by atoms with Crippen molar-refractivity contribution < 1.29 is 19.8 Å². The van der Waals surface area contributed by atoms with E-state index in [0.717, 1.165) is 0 Å². The van der Waals surface area contributed by atoms with Gasteiger partial charge in [0, 0.05) is 0 Å². The number of carboxylic acid groups (broad SMARTS) is 2. The lowest BCUT2D eigenvalue weighted by Crippen LogP contribution is -2.05. The SMILES string of the molecule is N.N.O=C(O)C1CC1C(=O)O. The van der Waals surface area contributed by atoms with Crippen molar-refractivity contribution in [2.24, 2.45) is 11.8 Å². The van der Waals surface area contributed by atoms with Gasteiger partial charge in [-0.3, -0.25) is 9.59 Å². The van der Waals surface area contributed by atoms with E-state index in [2.05, 4.69) is 0 Å². The van der Waals surface area contributed by atoms with E-state index in [1.54, 1.807) is 0 Å². The normalized spacial score (nSPS) is 25.8. The molecule has 0 amide bonds. The van der Waals surface area contributed by atoms with Crippen molar-refractivity contribution in [2.75, 3.05) is 0 Å². The monoisotopic (exact) mass is 164 g/mol. The van der Waals surface area contributed by atoms with Crippen LogP contribution in [-0.2, 0) is 9.59 Å². The molecule has 2 unspecified atom stereocenters. The predicted molar refractivity (Wildman–Crippen MR) is 36.9 cm³/mol. The Morgan fingerprint density at radius 3 is 1.36 bits per heavy atom. The average molecular weight is 164 g/mol. The number of hydrogen-bond donors (Lipinski definition) is 4. The summed E-state index contributed by atoms with van der Waals surface area (Å²) in [5, 5.41) is 16.4. The molecule has 8 N–H and O–H groups in total. The van der Waals surface area contributed by atoms with Gasteiger partial charge in [0.1, 0.15) is 0 Å². The molecule has 1 aliphatic rings. The second-order valence-corrected chi connectivity index (χ2v) is 2.13. The van der Waals surface area contributed by atoms with Crippen molar-refractivity contribution in [1.29, 1.82) is 0 Å². The Morgan fingerprint density at radius 1 is 1.00 bits per heavy atom. The van der Waals surface area contributed by atoms with Gasteiger partial charge in [0.25, 0.3) is 0 Å². The van der Waals surface area contributed by atoms with Crippen molar-refractivity contribution in [3.05, 3.63) is 0 Å². The molecule has 2 atom stereocenters. The highest BCUT2D eigenvalue weighted by Gasteiger charge is 2.48. The van der Waals surface area contributed by atoms with Gasteiger partial charge in [-0.05, 0) is 6.42 Å². The molecule has 0 spiro atoms. The Hall–Kier alpha value is -1.14. The Balaban J connectivity index is 0. The van der Waals surface area contributed by atoms with Crippen LogP contribution in [0.25, 0.3) is 0 Å². The highest BCUT2D eigenvalue weighted by molar-refractivity contribution is 5.85. The predicted octanol–water partition coefficient (Wildman–Crippen LogP) is 0.116. The van der Waals surface area contributed by atoms with Gasteiger partial charge in [-0.15, -0.1) is 0 Å². The molecule has 1 saturated carbocycles. The zero-order valence-electron chi connectivity index (χ0n) is 5.99. The van der Waals surface area contributed by atoms with Crippen LogP contribution in [0.5, 0.6) is 0 Å². The number of rotatable bonds is 2. The first-order valence-electron chi connectivity index (χ1n) is 2.58. The van der Waals surface area contributed by atoms with E-state index in [1.807, 2.05) is 0 Å². The van der Waals surface area contributed by atoms with Crippen molar-refractivity contribution in [3.8, 4) is 0 Å². The molecule has 0 heterocycles. The Morgan fingerprint density at radius 2 is 1.27 bits per heavy atom. The van der Waals surface area contributed by atoms with Crippen LogP contribution in [0.3, 0.4) is 0 Å². The quantitative estimate of drug-likeness (QED) is 0.456. The second kappa shape index (κ2) is 3.89. The van der Waals surface area contributed by atoms with E-state index in [9.17, 15) is 9.59 Å². The molecular weight excluding hydrogens is 152 g/mol. The van der Waals surface area contributed by atoms with Crippen LogP contribution < -0.4 is 12.3 Å². The molecular formula is C5H12N2O4. The lowest BCUT2D eigenvalue weighted by atomic mass is 10.3. The van der Waals surface area contributed by atoms with Gasteiger partial charge in [0.2, 0.25) is 0 Å². The summed E-state index contributed by atoms with van der Waals surface area (Å²) < 4.78 is 0. The van der Waals surface area contributed by atoms with Crippen molar-refractivity contribution in [2.45, 2.75) is 6.42 Å². The lowest BCUT2D eigenvalue weighted by Gasteiger charge is -1.84. The number of hydrogen-bond acceptors (Lipinski definition) is 4. The van der Waals surface area contributed by atoms with E-state index < -0.39 is 23.8 Å². The van der Waals surface area contributed by atoms with E-state index in [-0.39, 0.29) is 12.3 Å². The molecule has 1 fully saturated rings. The smallest absolute Gasteiger partial charge is 0.307 e. The topological polar surface area (TPSA) is 145 Å². The van der Waals surface area contributed by atoms with Gasteiger partial charge in [0.15, 0.2) is 0 Å². The standard InChI is InChI=1S/C5H6O4.2H3N/c6-4(7)2-1-3(2)5(8)9;;/h2-3H,1H2,(H,6,7)(H,8,9);2*1H3. The molecule has 1 rings (SSSR count).